The van der Waals surface area contributed by atoms with Crippen LogP contribution in [-0.4, -0.2) is 40.4 Å². The highest BCUT2D eigenvalue weighted by molar-refractivity contribution is 6.43. The fraction of sp³-hybridized carbons (Fsp3) is 0.529. The summed E-state index contributed by atoms with van der Waals surface area (Å²) < 4.78 is 0. The molecule has 22 heavy (non-hydrogen) atoms. The minimum atomic E-state index is -0.649. The lowest BCUT2D eigenvalue weighted by molar-refractivity contribution is -0.130. The number of aliphatic hydroxyl groups is 1. The molecular formula is C17H22ClNO3. The number of hydrogen-bond donors (Lipinski definition) is 1. The normalized spacial score (nSPS) is 17.0. The number of ketones is 1. The molecule has 5 heteroatoms. The Bertz CT molecular complexity index is 521. The lowest BCUT2D eigenvalue weighted by Crippen LogP contribution is -2.47. The van der Waals surface area contributed by atoms with Gasteiger partial charge in [-0.25, -0.2) is 0 Å². The summed E-state index contributed by atoms with van der Waals surface area (Å²) in [5, 5.41) is 10.2. The Labute approximate surface area is 136 Å². The summed E-state index contributed by atoms with van der Waals surface area (Å²) in [6, 6.07) is 6.37. The third-order valence-electron chi connectivity index (χ3n) is 4.04. The molecule has 1 aliphatic rings. The van der Waals surface area contributed by atoms with E-state index in [1.165, 1.54) is 6.42 Å². The van der Waals surface area contributed by atoms with Crippen LogP contribution in [0.5, 0.6) is 0 Å². The van der Waals surface area contributed by atoms with Gasteiger partial charge in [0.1, 0.15) is 0 Å². The first-order chi connectivity index (χ1) is 10.5. The van der Waals surface area contributed by atoms with Crippen LogP contribution < -0.4 is 0 Å². The fourth-order valence-electron chi connectivity index (χ4n) is 2.93. The molecule has 0 spiro atoms. The van der Waals surface area contributed by atoms with E-state index in [0.717, 1.165) is 25.7 Å². The Hall–Kier alpha value is -1.39. The van der Waals surface area contributed by atoms with Gasteiger partial charge in [-0.15, -0.1) is 0 Å². The van der Waals surface area contributed by atoms with Crippen molar-refractivity contribution in [3.05, 3.63) is 34.9 Å². The molecule has 120 valence electrons. The van der Waals surface area contributed by atoms with Gasteiger partial charge in [-0.1, -0.05) is 30.9 Å². The number of benzene rings is 1. The smallest absolute Gasteiger partial charge is 0.295 e. The predicted molar refractivity (Wildman–Crippen MR) is 86.0 cm³/mol. The highest BCUT2D eigenvalue weighted by Crippen LogP contribution is 2.24. The molecule has 0 heterocycles. The van der Waals surface area contributed by atoms with Crippen molar-refractivity contribution in [3.8, 4) is 0 Å². The van der Waals surface area contributed by atoms with Gasteiger partial charge in [0.25, 0.3) is 5.91 Å². The SMILES string of the molecule is C[C@H](O)CN(C(=O)C(=O)c1ccc(Cl)cc1)C1CCCCC1. The van der Waals surface area contributed by atoms with Crippen molar-refractivity contribution in [1.29, 1.82) is 0 Å². The summed E-state index contributed by atoms with van der Waals surface area (Å²) in [7, 11) is 0. The van der Waals surface area contributed by atoms with E-state index in [1.807, 2.05) is 0 Å². The molecule has 1 aromatic rings. The minimum absolute atomic E-state index is 0.0482. The Kier molecular flexibility index (Phi) is 5.98. The first kappa shape index (κ1) is 17.0. The first-order valence-electron chi connectivity index (χ1n) is 7.78. The molecule has 0 unspecified atom stereocenters. The van der Waals surface area contributed by atoms with Crippen molar-refractivity contribution >= 4 is 23.3 Å². The Morgan fingerprint density at radius 2 is 1.82 bits per heavy atom. The Balaban J connectivity index is 2.16. The molecule has 0 aromatic heterocycles. The van der Waals surface area contributed by atoms with Crippen molar-refractivity contribution in [2.24, 2.45) is 0 Å². The molecule has 1 fully saturated rings. The summed E-state index contributed by atoms with van der Waals surface area (Å²) in [6.45, 7) is 1.83. The number of amides is 1. The third-order valence-corrected chi connectivity index (χ3v) is 4.29. The molecule has 0 saturated heterocycles. The van der Waals surface area contributed by atoms with Gasteiger partial charge < -0.3 is 10.0 Å². The molecule has 0 radical (unpaired) electrons. The summed E-state index contributed by atoms with van der Waals surface area (Å²) in [5.74, 6) is -1.07. The van der Waals surface area contributed by atoms with Gasteiger partial charge in [-0.2, -0.15) is 0 Å². The van der Waals surface area contributed by atoms with E-state index < -0.39 is 17.8 Å². The third kappa shape index (κ3) is 4.31. The Morgan fingerprint density at radius 1 is 1.23 bits per heavy atom. The molecule has 4 nitrogen and oxygen atoms in total. The fourth-order valence-corrected chi connectivity index (χ4v) is 3.06. The van der Waals surface area contributed by atoms with Crippen molar-refractivity contribution in [1.82, 2.24) is 4.90 Å². The van der Waals surface area contributed by atoms with Crippen LogP contribution in [0.3, 0.4) is 0 Å². The zero-order valence-electron chi connectivity index (χ0n) is 12.8. The number of rotatable bonds is 5. The second-order valence-electron chi connectivity index (χ2n) is 5.93. The number of hydrogen-bond acceptors (Lipinski definition) is 3. The van der Waals surface area contributed by atoms with Gasteiger partial charge in [0, 0.05) is 23.2 Å². The van der Waals surface area contributed by atoms with Gasteiger partial charge in [-0.05, 0) is 44.0 Å². The standard InChI is InChI=1S/C17H22ClNO3/c1-12(20)11-19(15-5-3-2-4-6-15)17(22)16(21)13-7-9-14(18)10-8-13/h7-10,12,15,20H,2-6,11H2,1H3/t12-/m0/s1. The monoisotopic (exact) mass is 323 g/mol. The van der Waals surface area contributed by atoms with E-state index >= 15 is 0 Å². The number of carbonyl (C=O) groups is 2. The maximum absolute atomic E-state index is 12.6. The highest BCUT2D eigenvalue weighted by Gasteiger charge is 2.30. The quantitative estimate of drug-likeness (QED) is 0.669. The maximum atomic E-state index is 12.6. The van der Waals surface area contributed by atoms with Crippen LogP contribution in [0.1, 0.15) is 49.4 Å². The second-order valence-corrected chi connectivity index (χ2v) is 6.37. The number of nitrogens with zero attached hydrogens (tertiary/aromatic N) is 1. The van der Waals surface area contributed by atoms with Gasteiger partial charge in [0.2, 0.25) is 5.78 Å². The molecule has 1 amide bonds. The summed E-state index contributed by atoms with van der Waals surface area (Å²) in [6.07, 6.45) is 4.42. The van der Waals surface area contributed by atoms with Crippen molar-refractivity contribution < 1.29 is 14.7 Å². The molecule has 1 atom stereocenters. The molecule has 0 aliphatic heterocycles. The Morgan fingerprint density at radius 3 is 2.36 bits per heavy atom. The largest absolute Gasteiger partial charge is 0.392 e. The number of Topliss-reactive ketones (excluding diaryl/α,β-unsaturated/α-hetero) is 1. The predicted octanol–water partition coefficient (Wildman–Crippen LogP) is 3.06. The number of carbonyl (C=O) groups excluding carboxylic acids is 2. The zero-order valence-corrected chi connectivity index (χ0v) is 13.6. The van der Waals surface area contributed by atoms with Crippen LogP contribution in [0.15, 0.2) is 24.3 Å². The van der Waals surface area contributed by atoms with Crippen molar-refractivity contribution in [3.63, 3.8) is 0 Å². The molecule has 2 rings (SSSR count). The molecular weight excluding hydrogens is 302 g/mol. The minimum Gasteiger partial charge on any atom is -0.392 e. The van der Waals surface area contributed by atoms with Crippen LogP contribution in [-0.2, 0) is 4.79 Å². The average molecular weight is 324 g/mol. The maximum Gasteiger partial charge on any atom is 0.295 e. The van der Waals surface area contributed by atoms with Gasteiger partial charge in [-0.3, -0.25) is 9.59 Å². The van der Waals surface area contributed by atoms with E-state index in [2.05, 4.69) is 0 Å². The lowest BCUT2D eigenvalue weighted by atomic mass is 9.93. The number of aliphatic hydroxyl groups excluding tert-OH is 1. The highest BCUT2D eigenvalue weighted by atomic mass is 35.5. The van der Waals surface area contributed by atoms with E-state index in [1.54, 1.807) is 36.1 Å². The van der Waals surface area contributed by atoms with Crippen molar-refractivity contribution in [2.75, 3.05) is 6.54 Å². The van der Waals surface area contributed by atoms with E-state index in [-0.39, 0.29) is 12.6 Å². The van der Waals surface area contributed by atoms with Crippen molar-refractivity contribution in [2.45, 2.75) is 51.2 Å². The van der Waals surface area contributed by atoms with Crippen LogP contribution in [0.2, 0.25) is 5.02 Å². The molecule has 1 saturated carbocycles. The van der Waals surface area contributed by atoms with E-state index in [9.17, 15) is 14.7 Å². The van der Waals surface area contributed by atoms with E-state index in [0.29, 0.717) is 10.6 Å². The van der Waals surface area contributed by atoms with Crippen LogP contribution in [0, 0.1) is 0 Å². The summed E-state index contributed by atoms with van der Waals surface area (Å²) >= 11 is 5.81. The summed E-state index contributed by atoms with van der Waals surface area (Å²) in [5.41, 5.74) is 0.334. The molecule has 0 bridgehead atoms. The van der Waals surface area contributed by atoms with Crippen LogP contribution >= 0.6 is 11.6 Å². The van der Waals surface area contributed by atoms with Crippen LogP contribution in [0.4, 0.5) is 0 Å². The van der Waals surface area contributed by atoms with Gasteiger partial charge in [0.15, 0.2) is 0 Å². The second kappa shape index (κ2) is 7.75. The first-order valence-corrected chi connectivity index (χ1v) is 8.15. The lowest BCUT2D eigenvalue weighted by Gasteiger charge is -2.34. The molecule has 1 aliphatic carbocycles. The molecule has 1 aromatic carbocycles. The number of halogens is 1. The summed E-state index contributed by atoms with van der Waals surface area (Å²) in [4.78, 5) is 26.6. The average Bonchev–Trinajstić information content (AvgIpc) is 2.52. The molecule has 1 N–H and O–H groups in total. The van der Waals surface area contributed by atoms with Crippen LogP contribution in [0.25, 0.3) is 0 Å². The van der Waals surface area contributed by atoms with Gasteiger partial charge >= 0.3 is 0 Å². The zero-order chi connectivity index (χ0) is 16.1. The van der Waals surface area contributed by atoms with E-state index in [4.69, 9.17) is 11.6 Å². The topological polar surface area (TPSA) is 57.6 Å². The van der Waals surface area contributed by atoms with Gasteiger partial charge in [0.05, 0.1) is 6.10 Å².